The van der Waals surface area contributed by atoms with E-state index in [2.05, 4.69) is 27.0 Å². The van der Waals surface area contributed by atoms with Crippen LogP contribution in [0.5, 0.6) is 0 Å². The second-order valence-electron chi connectivity index (χ2n) is 5.64. The first-order chi connectivity index (χ1) is 9.63. The molecule has 2 N–H and O–H groups in total. The predicted octanol–water partition coefficient (Wildman–Crippen LogP) is 1.46. The molecule has 0 radical (unpaired) electrons. The number of pyridine rings is 1. The third-order valence-corrected chi connectivity index (χ3v) is 3.97. The molecule has 0 aromatic carbocycles. The van der Waals surface area contributed by atoms with Crippen molar-refractivity contribution < 1.29 is 5.11 Å². The lowest BCUT2D eigenvalue weighted by Crippen LogP contribution is -2.21. The van der Waals surface area contributed by atoms with Crippen LogP contribution in [0.25, 0.3) is 0 Å². The number of H-pyrrole nitrogens is 1. The van der Waals surface area contributed by atoms with Crippen molar-refractivity contribution >= 4 is 5.69 Å². The topological polar surface area (TPSA) is 65.0 Å². The van der Waals surface area contributed by atoms with E-state index in [9.17, 15) is 5.11 Å². The first kappa shape index (κ1) is 13.1. The van der Waals surface area contributed by atoms with Gasteiger partial charge in [-0.2, -0.15) is 5.10 Å². The summed E-state index contributed by atoms with van der Waals surface area (Å²) in [7, 11) is 0. The van der Waals surface area contributed by atoms with Gasteiger partial charge in [0, 0.05) is 42.8 Å². The van der Waals surface area contributed by atoms with Gasteiger partial charge in [0.05, 0.1) is 11.8 Å². The van der Waals surface area contributed by atoms with Gasteiger partial charge in [0.15, 0.2) is 0 Å². The van der Waals surface area contributed by atoms with E-state index in [1.807, 2.05) is 25.3 Å². The van der Waals surface area contributed by atoms with Crippen molar-refractivity contribution in [3.63, 3.8) is 0 Å². The molecule has 2 atom stereocenters. The second-order valence-corrected chi connectivity index (χ2v) is 5.64. The number of hydrogen-bond acceptors (Lipinski definition) is 4. The average molecular weight is 272 g/mol. The number of β-amino-alcohol motifs (C(OH)–C–C–N with tert-alkyl or cyclic N) is 1. The van der Waals surface area contributed by atoms with Gasteiger partial charge >= 0.3 is 0 Å². The SMILES string of the molecule is Cc1cc(C[C@@H]2CN(c3ccncc3C)C[C@@H]2O)n[nH]1. The Balaban J connectivity index is 1.72. The lowest BCUT2D eigenvalue weighted by molar-refractivity contribution is 0.148. The zero-order chi connectivity index (χ0) is 14.1. The lowest BCUT2D eigenvalue weighted by Gasteiger charge is -2.20. The van der Waals surface area contributed by atoms with E-state index in [-0.39, 0.29) is 12.0 Å². The molecular weight excluding hydrogens is 252 g/mol. The van der Waals surface area contributed by atoms with Gasteiger partial charge in [0.1, 0.15) is 0 Å². The smallest absolute Gasteiger partial charge is 0.0763 e. The molecule has 2 aromatic heterocycles. The minimum atomic E-state index is -0.306. The van der Waals surface area contributed by atoms with Gasteiger partial charge in [-0.05, 0) is 38.0 Å². The Morgan fingerprint density at radius 3 is 2.95 bits per heavy atom. The van der Waals surface area contributed by atoms with E-state index < -0.39 is 0 Å². The summed E-state index contributed by atoms with van der Waals surface area (Å²) in [4.78, 5) is 6.36. The molecule has 0 amide bonds. The van der Waals surface area contributed by atoms with E-state index in [1.165, 1.54) is 5.69 Å². The number of rotatable bonds is 3. The first-order valence-corrected chi connectivity index (χ1v) is 6.98. The molecule has 0 aliphatic carbocycles. The summed E-state index contributed by atoms with van der Waals surface area (Å²) in [6.45, 7) is 5.59. The molecule has 106 valence electrons. The molecule has 20 heavy (non-hydrogen) atoms. The van der Waals surface area contributed by atoms with Crippen LogP contribution in [0.15, 0.2) is 24.5 Å². The maximum atomic E-state index is 10.3. The van der Waals surface area contributed by atoms with E-state index in [0.717, 1.165) is 29.9 Å². The summed E-state index contributed by atoms with van der Waals surface area (Å²) in [6, 6.07) is 4.07. The Bertz CT molecular complexity index is 595. The first-order valence-electron chi connectivity index (χ1n) is 6.98. The second kappa shape index (κ2) is 5.25. The van der Waals surface area contributed by atoms with E-state index in [1.54, 1.807) is 6.20 Å². The van der Waals surface area contributed by atoms with Crippen LogP contribution in [0.4, 0.5) is 5.69 Å². The van der Waals surface area contributed by atoms with Crippen LogP contribution in [0.1, 0.15) is 17.0 Å². The van der Waals surface area contributed by atoms with Gasteiger partial charge < -0.3 is 10.0 Å². The quantitative estimate of drug-likeness (QED) is 0.888. The maximum Gasteiger partial charge on any atom is 0.0763 e. The molecule has 1 saturated heterocycles. The molecule has 0 bridgehead atoms. The van der Waals surface area contributed by atoms with Crippen LogP contribution in [-0.2, 0) is 6.42 Å². The predicted molar refractivity (Wildman–Crippen MR) is 77.7 cm³/mol. The highest BCUT2D eigenvalue weighted by Gasteiger charge is 2.32. The normalized spacial score (nSPS) is 22.4. The van der Waals surface area contributed by atoms with Crippen LogP contribution in [0, 0.1) is 19.8 Å². The van der Waals surface area contributed by atoms with Gasteiger partial charge in [-0.15, -0.1) is 0 Å². The number of hydrogen-bond donors (Lipinski definition) is 2. The summed E-state index contributed by atoms with van der Waals surface area (Å²) in [5.41, 5.74) is 4.41. The minimum Gasteiger partial charge on any atom is -0.391 e. The highest BCUT2D eigenvalue weighted by atomic mass is 16.3. The number of anilines is 1. The molecule has 2 aromatic rings. The molecular formula is C15H20N4O. The summed E-state index contributed by atoms with van der Waals surface area (Å²) >= 11 is 0. The lowest BCUT2D eigenvalue weighted by atomic mass is 10.0. The molecule has 1 aliphatic heterocycles. The fourth-order valence-corrected chi connectivity index (χ4v) is 2.92. The number of aromatic nitrogens is 3. The van der Waals surface area contributed by atoms with Crippen molar-refractivity contribution in [3.05, 3.63) is 41.5 Å². The third-order valence-electron chi connectivity index (χ3n) is 3.97. The fourth-order valence-electron chi connectivity index (χ4n) is 2.92. The van der Waals surface area contributed by atoms with Crippen LogP contribution in [0.2, 0.25) is 0 Å². The summed E-state index contributed by atoms with van der Waals surface area (Å²) in [5.74, 6) is 0.227. The van der Waals surface area contributed by atoms with Crippen molar-refractivity contribution in [2.45, 2.75) is 26.4 Å². The maximum absolute atomic E-state index is 10.3. The van der Waals surface area contributed by atoms with E-state index in [0.29, 0.717) is 6.54 Å². The van der Waals surface area contributed by atoms with E-state index in [4.69, 9.17) is 0 Å². The molecule has 0 unspecified atom stereocenters. The Kier molecular flexibility index (Phi) is 3.44. The molecule has 5 nitrogen and oxygen atoms in total. The van der Waals surface area contributed by atoms with Crippen LogP contribution in [0.3, 0.4) is 0 Å². The fraction of sp³-hybridized carbons (Fsp3) is 0.467. The molecule has 1 fully saturated rings. The van der Waals surface area contributed by atoms with Crippen LogP contribution in [-0.4, -0.2) is 39.5 Å². The summed E-state index contributed by atoms with van der Waals surface area (Å²) in [5, 5.41) is 17.5. The average Bonchev–Trinajstić information content (AvgIpc) is 2.98. The van der Waals surface area contributed by atoms with Gasteiger partial charge in [-0.3, -0.25) is 10.1 Å². The summed E-state index contributed by atoms with van der Waals surface area (Å²) < 4.78 is 0. The van der Waals surface area contributed by atoms with Crippen molar-refractivity contribution in [1.82, 2.24) is 15.2 Å². The highest BCUT2D eigenvalue weighted by Crippen LogP contribution is 2.28. The highest BCUT2D eigenvalue weighted by molar-refractivity contribution is 5.52. The van der Waals surface area contributed by atoms with E-state index >= 15 is 0 Å². The van der Waals surface area contributed by atoms with Gasteiger partial charge in [0.2, 0.25) is 0 Å². The monoisotopic (exact) mass is 272 g/mol. The van der Waals surface area contributed by atoms with Gasteiger partial charge in [-0.25, -0.2) is 0 Å². The Morgan fingerprint density at radius 1 is 1.40 bits per heavy atom. The number of aliphatic hydroxyl groups excluding tert-OH is 1. The van der Waals surface area contributed by atoms with Crippen LogP contribution >= 0.6 is 0 Å². The number of aromatic amines is 1. The Labute approximate surface area is 118 Å². The largest absolute Gasteiger partial charge is 0.391 e. The number of aryl methyl sites for hydroxylation is 2. The van der Waals surface area contributed by atoms with Gasteiger partial charge in [-0.1, -0.05) is 0 Å². The number of aliphatic hydroxyl groups is 1. The molecule has 1 aliphatic rings. The number of nitrogens with zero attached hydrogens (tertiary/aromatic N) is 3. The molecule has 0 saturated carbocycles. The minimum absolute atomic E-state index is 0.227. The zero-order valence-electron chi connectivity index (χ0n) is 11.9. The summed E-state index contributed by atoms with van der Waals surface area (Å²) in [6.07, 6.45) is 4.18. The third kappa shape index (κ3) is 2.54. The molecule has 3 rings (SSSR count). The van der Waals surface area contributed by atoms with Crippen molar-refractivity contribution in [2.24, 2.45) is 5.92 Å². The molecule has 0 spiro atoms. The van der Waals surface area contributed by atoms with Crippen LogP contribution < -0.4 is 4.90 Å². The number of nitrogens with one attached hydrogen (secondary N) is 1. The molecule has 5 heteroatoms. The van der Waals surface area contributed by atoms with Crippen molar-refractivity contribution in [1.29, 1.82) is 0 Å². The van der Waals surface area contributed by atoms with Crippen molar-refractivity contribution in [3.8, 4) is 0 Å². The van der Waals surface area contributed by atoms with Gasteiger partial charge in [0.25, 0.3) is 0 Å². The Hall–Kier alpha value is -1.88. The molecule has 3 heterocycles. The Morgan fingerprint density at radius 2 is 2.25 bits per heavy atom. The zero-order valence-corrected chi connectivity index (χ0v) is 11.9. The standard InChI is InChI=1S/C15H20N4O/c1-10-7-16-4-3-14(10)19-8-12(15(20)9-19)6-13-5-11(2)17-18-13/h3-5,7,12,15,20H,6,8-9H2,1-2H3,(H,17,18)/t12-,15+/m1/s1. The van der Waals surface area contributed by atoms with Crippen molar-refractivity contribution in [2.75, 3.05) is 18.0 Å².